The molecule has 0 fully saturated rings. The van der Waals surface area contributed by atoms with Crippen molar-refractivity contribution in [1.82, 2.24) is 14.5 Å². The number of halogens is 3. The molecule has 0 aliphatic heterocycles. The van der Waals surface area contributed by atoms with E-state index in [2.05, 4.69) is 9.97 Å². The zero-order chi connectivity index (χ0) is 20.8. The summed E-state index contributed by atoms with van der Waals surface area (Å²) in [5, 5.41) is 0. The van der Waals surface area contributed by atoms with Crippen LogP contribution < -0.4 is 10.5 Å². The van der Waals surface area contributed by atoms with Gasteiger partial charge in [-0.2, -0.15) is 13.2 Å². The standard InChI is InChI=1S/C21H21F3N4O/c1-28-12-18(27-19(28)25)20(8-7-14-9-15(29-2)4-5-16(14)20)10-13-3-6-17(26-11-13)21(22,23)24/h3-6,9,11-12H,7-8,10H2,1-2H3,(H2,25,27). The van der Waals surface area contributed by atoms with Crippen LogP contribution in [0.25, 0.3) is 0 Å². The average molecular weight is 402 g/mol. The lowest BCUT2D eigenvalue weighted by Crippen LogP contribution is -2.28. The van der Waals surface area contributed by atoms with Crippen molar-refractivity contribution in [3.63, 3.8) is 0 Å². The molecule has 152 valence electrons. The van der Waals surface area contributed by atoms with Gasteiger partial charge < -0.3 is 15.0 Å². The van der Waals surface area contributed by atoms with Gasteiger partial charge in [-0.25, -0.2) is 4.98 Å². The number of hydrogen-bond donors (Lipinski definition) is 1. The van der Waals surface area contributed by atoms with Crippen molar-refractivity contribution in [2.75, 3.05) is 12.8 Å². The van der Waals surface area contributed by atoms with E-state index in [1.165, 1.54) is 12.3 Å². The molecule has 0 bridgehead atoms. The number of methoxy groups -OCH3 is 1. The Hall–Kier alpha value is -3.03. The quantitative estimate of drug-likeness (QED) is 0.719. The fourth-order valence-corrected chi connectivity index (χ4v) is 4.15. The Morgan fingerprint density at radius 3 is 2.62 bits per heavy atom. The average Bonchev–Trinajstić information content (AvgIpc) is 3.22. The molecule has 0 amide bonds. The van der Waals surface area contributed by atoms with E-state index in [1.807, 2.05) is 31.4 Å². The molecule has 2 N–H and O–H groups in total. The van der Waals surface area contributed by atoms with Crippen LogP contribution in [0, 0.1) is 0 Å². The third-order valence-electron chi connectivity index (χ3n) is 5.67. The predicted molar refractivity (Wildman–Crippen MR) is 103 cm³/mol. The van der Waals surface area contributed by atoms with E-state index in [0.717, 1.165) is 41.5 Å². The van der Waals surface area contributed by atoms with E-state index < -0.39 is 17.3 Å². The first-order valence-electron chi connectivity index (χ1n) is 9.22. The lowest BCUT2D eigenvalue weighted by Gasteiger charge is -2.29. The molecule has 0 radical (unpaired) electrons. The highest BCUT2D eigenvalue weighted by atomic mass is 19.4. The molecular weight excluding hydrogens is 381 g/mol. The van der Waals surface area contributed by atoms with Crippen LogP contribution in [-0.4, -0.2) is 21.6 Å². The summed E-state index contributed by atoms with van der Waals surface area (Å²) < 4.78 is 45.7. The van der Waals surface area contributed by atoms with Crippen molar-refractivity contribution < 1.29 is 17.9 Å². The normalized spacial score (nSPS) is 18.7. The number of benzene rings is 1. The lowest BCUT2D eigenvalue weighted by atomic mass is 9.74. The fourth-order valence-electron chi connectivity index (χ4n) is 4.15. The molecule has 1 unspecified atom stereocenters. The van der Waals surface area contributed by atoms with Crippen molar-refractivity contribution in [3.8, 4) is 5.75 Å². The minimum absolute atomic E-state index is 0.395. The molecule has 29 heavy (non-hydrogen) atoms. The van der Waals surface area contributed by atoms with Gasteiger partial charge in [0.25, 0.3) is 0 Å². The number of anilines is 1. The molecule has 0 spiro atoms. The molecule has 2 heterocycles. The van der Waals surface area contributed by atoms with Gasteiger partial charge in [0.15, 0.2) is 5.95 Å². The number of nitrogens with zero attached hydrogens (tertiary/aromatic N) is 3. The van der Waals surface area contributed by atoms with Crippen LogP contribution in [0.1, 0.15) is 34.5 Å². The molecule has 1 aromatic carbocycles. The number of nitrogens with two attached hydrogens (primary N) is 1. The Morgan fingerprint density at radius 2 is 2.03 bits per heavy atom. The van der Waals surface area contributed by atoms with Crippen molar-refractivity contribution in [2.45, 2.75) is 30.9 Å². The lowest BCUT2D eigenvalue weighted by molar-refractivity contribution is -0.141. The molecule has 8 heteroatoms. The first-order chi connectivity index (χ1) is 13.7. The van der Waals surface area contributed by atoms with Gasteiger partial charge in [-0.15, -0.1) is 0 Å². The fraction of sp³-hybridized carbons (Fsp3) is 0.333. The number of ether oxygens (including phenoxy) is 1. The van der Waals surface area contributed by atoms with E-state index in [4.69, 9.17) is 10.5 Å². The van der Waals surface area contributed by atoms with Crippen LogP contribution in [0.2, 0.25) is 0 Å². The van der Waals surface area contributed by atoms with Crippen molar-refractivity contribution >= 4 is 5.95 Å². The van der Waals surface area contributed by atoms with Gasteiger partial charge in [0.05, 0.1) is 12.8 Å². The highest BCUT2D eigenvalue weighted by molar-refractivity contribution is 5.51. The summed E-state index contributed by atoms with van der Waals surface area (Å²) in [6, 6.07) is 8.44. The molecule has 0 saturated heterocycles. The third kappa shape index (κ3) is 3.32. The topological polar surface area (TPSA) is 66.0 Å². The highest BCUT2D eigenvalue weighted by Crippen LogP contribution is 2.47. The van der Waals surface area contributed by atoms with Gasteiger partial charge in [0.1, 0.15) is 11.4 Å². The first-order valence-corrected chi connectivity index (χ1v) is 9.22. The molecule has 1 atom stereocenters. The van der Waals surface area contributed by atoms with Crippen LogP contribution >= 0.6 is 0 Å². The second-order valence-electron chi connectivity index (χ2n) is 7.43. The summed E-state index contributed by atoms with van der Waals surface area (Å²) in [5.74, 6) is 1.17. The Labute approximate surface area is 166 Å². The minimum Gasteiger partial charge on any atom is -0.497 e. The second kappa shape index (κ2) is 6.79. The van der Waals surface area contributed by atoms with Gasteiger partial charge >= 0.3 is 6.18 Å². The first kappa shape index (κ1) is 19.3. The molecule has 4 rings (SSSR count). The SMILES string of the molecule is COc1ccc2c(c1)CCC2(Cc1ccc(C(F)(F)F)nc1)c1cn(C)c(N)n1. The number of fused-ring (bicyclic) bond motifs is 1. The van der Waals surface area contributed by atoms with E-state index in [0.29, 0.717) is 17.9 Å². The molecule has 2 aromatic heterocycles. The number of aromatic nitrogens is 3. The predicted octanol–water partition coefficient (Wildman–Crippen LogP) is 3.90. The number of nitrogen functional groups attached to an aromatic ring is 1. The maximum absolute atomic E-state index is 12.9. The van der Waals surface area contributed by atoms with Gasteiger partial charge in [-0.05, 0) is 54.2 Å². The van der Waals surface area contributed by atoms with E-state index in [1.54, 1.807) is 11.7 Å². The molecule has 0 saturated carbocycles. The zero-order valence-electron chi connectivity index (χ0n) is 16.1. The van der Waals surface area contributed by atoms with Crippen LogP contribution in [0.4, 0.5) is 19.1 Å². The Morgan fingerprint density at radius 1 is 1.24 bits per heavy atom. The monoisotopic (exact) mass is 402 g/mol. The van der Waals surface area contributed by atoms with Gasteiger partial charge in [0, 0.05) is 24.9 Å². The Balaban J connectivity index is 1.79. The van der Waals surface area contributed by atoms with Crippen molar-refractivity contribution in [3.05, 3.63) is 70.8 Å². The number of hydrogen-bond acceptors (Lipinski definition) is 4. The van der Waals surface area contributed by atoms with Crippen LogP contribution in [-0.2, 0) is 31.5 Å². The van der Waals surface area contributed by atoms with Gasteiger partial charge in [-0.3, -0.25) is 4.98 Å². The molecule has 3 aromatic rings. The van der Waals surface area contributed by atoms with Gasteiger partial charge in [0.2, 0.25) is 0 Å². The summed E-state index contributed by atoms with van der Waals surface area (Å²) in [6.07, 6.45) is 0.810. The summed E-state index contributed by atoms with van der Waals surface area (Å²) >= 11 is 0. The summed E-state index contributed by atoms with van der Waals surface area (Å²) in [5.41, 5.74) is 8.37. The third-order valence-corrected chi connectivity index (χ3v) is 5.67. The highest BCUT2D eigenvalue weighted by Gasteiger charge is 2.43. The summed E-state index contributed by atoms with van der Waals surface area (Å²) in [4.78, 5) is 8.20. The van der Waals surface area contributed by atoms with E-state index in [-0.39, 0.29) is 0 Å². The van der Waals surface area contributed by atoms with Crippen molar-refractivity contribution in [1.29, 1.82) is 0 Å². The number of pyridine rings is 1. The van der Waals surface area contributed by atoms with E-state index >= 15 is 0 Å². The maximum atomic E-state index is 12.9. The number of imidazole rings is 1. The van der Waals surface area contributed by atoms with Crippen LogP contribution in [0.5, 0.6) is 5.75 Å². The zero-order valence-corrected chi connectivity index (χ0v) is 16.1. The van der Waals surface area contributed by atoms with Crippen LogP contribution in [0.15, 0.2) is 42.7 Å². The second-order valence-corrected chi connectivity index (χ2v) is 7.43. The largest absolute Gasteiger partial charge is 0.497 e. The Kier molecular flexibility index (Phi) is 4.52. The van der Waals surface area contributed by atoms with Gasteiger partial charge in [-0.1, -0.05) is 12.1 Å². The number of aryl methyl sites for hydroxylation is 2. The molecule has 5 nitrogen and oxygen atoms in total. The van der Waals surface area contributed by atoms with E-state index in [9.17, 15) is 13.2 Å². The molecular formula is C21H21F3N4O. The minimum atomic E-state index is -4.46. The van der Waals surface area contributed by atoms with Crippen molar-refractivity contribution in [2.24, 2.45) is 7.05 Å². The van der Waals surface area contributed by atoms with Crippen LogP contribution in [0.3, 0.4) is 0 Å². The Bertz CT molecular complexity index is 1020. The number of rotatable bonds is 4. The molecule has 1 aliphatic carbocycles. The number of alkyl halides is 3. The summed E-state index contributed by atoms with van der Waals surface area (Å²) in [7, 11) is 3.44. The summed E-state index contributed by atoms with van der Waals surface area (Å²) in [6.45, 7) is 0. The smallest absolute Gasteiger partial charge is 0.433 e. The maximum Gasteiger partial charge on any atom is 0.433 e. The molecule has 1 aliphatic rings.